The number of para-hydroxylation sites is 3. The van der Waals surface area contributed by atoms with Crippen LogP contribution in [0.2, 0.25) is 0 Å². The van der Waals surface area contributed by atoms with E-state index < -0.39 is 17.7 Å². The van der Waals surface area contributed by atoms with Gasteiger partial charge in [0.05, 0.1) is 29.8 Å². The maximum absolute atomic E-state index is 12.8. The average molecular weight is 587 g/mol. The summed E-state index contributed by atoms with van der Waals surface area (Å²) in [6, 6.07) is 32.4. The van der Waals surface area contributed by atoms with Crippen molar-refractivity contribution in [2.24, 2.45) is 5.10 Å². The van der Waals surface area contributed by atoms with Crippen LogP contribution >= 0.6 is 0 Å². The third-order valence-corrected chi connectivity index (χ3v) is 6.39. The van der Waals surface area contributed by atoms with Crippen LogP contribution in [0.5, 0.6) is 5.75 Å². The first-order valence-corrected chi connectivity index (χ1v) is 14.0. The van der Waals surface area contributed by atoms with Crippen molar-refractivity contribution in [2.75, 3.05) is 17.2 Å². The Kier molecular flexibility index (Phi) is 9.53. The number of ether oxygens (including phenoxy) is 1. The van der Waals surface area contributed by atoms with Crippen LogP contribution in [0.15, 0.2) is 120 Å². The van der Waals surface area contributed by atoms with Crippen LogP contribution < -0.4 is 20.8 Å². The molecule has 1 heterocycles. The second kappa shape index (κ2) is 14.2. The van der Waals surface area contributed by atoms with Gasteiger partial charge in [0.15, 0.2) is 0 Å². The summed E-state index contributed by atoms with van der Waals surface area (Å²) in [6.07, 6.45) is 4.11. The van der Waals surface area contributed by atoms with Crippen molar-refractivity contribution in [2.45, 2.75) is 13.3 Å². The van der Waals surface area contributed by atoms with Crippen LogP contribution in [-0.4, -0.2) is 40.3 Å². The first-order chi connectivity index (χ1) is 21.5. The van der Waals surface area contributed by atoms with Crippen molar-refractivity contribution >= 4 is 35.3 Å². The first kappa shape index (κ1) is 29.5. The molecule has 0 bridgehead atoms. The molecule has 0 aliphatic rings. The molecule has 3 N–H and O–H groups in total. The van der Waals surface area contributed by atoms with Gasteiger partial charge in [0.2, 0.25) is 0 Å². The minimum absolute atomic E-state index is 0.183. The van der Waals surface area contributed by atoms with E-state index in [1.54, 1.807) is 53.3 Å². The van der Waals surface area contributed by atoms with E-state index >= 15 is 0 Å². The zero-order valence-corrected chi connectivity index (χ0v) is 23.9. The van der Waals surface area contributed by atoms with Crippen LogP contribution in [0.25, 0.3) is 16.9 Å². The Hall–Kier alpha value is -6.03. The number of hydrogen-bond acceptors (Lipinski definition) is 6. The Balaban J connectivity index is 1.29. The van der Waals surface area contributed by atoms with E-state index in [1.807, 2.05) is 67.6 Å². The topological polar surface area (TPSA) is 127 Å². The Labute approximate surface area is 254 Å². The fourth-order valence-electron chi connectivity index (χ4n) is 4.25. The summed E-state index contributed by atoms with van der Waals surface area (Å²) in [6.45, 7) is 2.67. The molecule has 10 nitrogen and oxygen atoms in total. The zero-order valence-electron chi connectivity index (χ0n) is 23.9. The third-order valence-electron chi connectivity index (χ3n) is 6.39. The summed E-state index contributed by atoms with van der Waals surface area (Å²) in [4.78, 5) is 38.2. The maximum atomic E-state index is 12.8. The van der Waals surface area contributed by atoms with Crippen molar-refractivity contribution < 1.29 is 19.1 Å². The van der Waals surface area contributed by atoms with Gasteiger partial charge in [0, 0.05) is 23.0 Å². The number of amides is 3. The average Bonchev–Trinajstić information content (AvgIpc) is 3.49. The Bertz CT molecular complexity index is 1770. The quantitative estimate of drug-likeness (QED) is 0.110. The van der Waals surface area contributed by atoms with Crippen LogP contribution in [-0.2, 0) is 9.59 Å². The van der Waals surface area contributed by atoms with Gasteiger partial charge < -0.3 is 15.4 Å². The summed E-state index contributed by atoms with van der Waals surface area (Å²) in [5.74, 6) is -1.66. The lowest BCUT2D eigenvalue weighted by molar-refractivity contribution is -0.136. The summed E-state index contributed by atoms with van der Waals surface area (Å²) in [5.41, 5.74) is 6.14. The predicted octanol–water partition coefficient (Wildman–Crippen LogP) is 5.67. The number of anilines is 2. The number of nitrogens with one attached hydrogen (secondary N) is 3. The molecular weight excluding hydrogens is 556 g/mol. The molecule has 0 aliphatic carbocycles. The highest BCUT2D eigenvalue weighted by atomic mass is 16.5. The number of nitrogens with zero attached hydrogens (tertiary/aromatic N) is 3. The molecule has 0 saturated carbocycles. The maximum Gasteiger partial charge on any atom is 0.329 e. The lowest BCUT2D eigenvalue weighted by Gasteiger charge is -2.11. The Morgan fingerprint density at radius 3 is 2.23 bits per heavy atom. The van der Waals surface area contributed by atoms with E-state index in [4.69, 9.17) is 9.84 Å². The molecule has 1 aromatic heterocycles. The van der Waals surface area contributed by atoms with E-state index in [0.717, 1.165) is 23.4 Å². The van der Waals surface area contributed by atoms with Crippen LogP contribution in [0, 0.1) is 0 Å². The second-order valence-corrected chi connectivity index (χ2v) is 9.60. The summed E-state index contributed by atoms with van der Waals surface area (Å²) < 4.78 is 7.41. The van der Waals surface area contributed by atoms with Gasteiger partial charge in [-0.05, 0) is 67.1 Å². The van der Waals surface area contributed by atoms with Crippen LogP contribution in [0.1, 0.15) is 29.3 Å². The molecule has 44 heavy (non-hydrogen) atoms. The first-order valence-electron chi connectivity index (χ1n) is 14.0. The predicted molar refractivity (Wildman–Crippen MR) is 170 cm³/mol. The van der Waals surface area contributed by atoms with E-state index in [0.29, 0.717) is 23.6 Å². The lowest BCUT2D eigenvalue weighted by Crippen LogP contribution is -2.33. The van der Waals surface area contributed by atoms with Gasteiger partial charge in [-0.3, -0.25) is 14.4 Å². The number of hydrazone groups is 1. The number of hydrogen-bond donors (Lipinski definition) is 3. The fourth-order valence-corrected chi connectivity index (χ4v) is 4.25. The molecule has 0 aliphatic heterocycles. The SMILES string of the molecule is CCCOc1ccc(-c2nn(-c3ccccc3)cc2/C=N/NC(=O)C(=O)Nc2ccccc2C(=O)Nc2ccccc2)cc1. The second-order valence-electron chi connectivity index (χ2n) is 9.60. The van der Waals surface area contributed by atoms with Gasteiger partial charge in [-0.2, -0.15) is 10.2 Å². The highest BCUT2D eigenvalue weighted by Gasteiger charge is 2.18. The van der Waals surface area contributed by atoms with Gasteiger partial charge in [0.1, 0.15) is 11.4 Å². The normalized spacial score (nSPS) is 10.8. The Morgan fingerprint density at radius 1 is 0.818 bits per heavy atom. The van der Waals surface area contributed by atoms with E-state index in [-0.39, 0.29) is 11.3 Å². The minimum Gasteiger partial charge on any atom is -0.494 e. The van der Waals surface area contributed by atoms with Gasteiger partial charge in [-0.15, -0.1) is 0 Å². The van der Waals surface area contributed by atoms with Crippen molar-refractivity contribution in [3.8, 4) is 22.7 Å². The molecule has 0 radical (unpaired) electrons. The smallest absolute Gasteiger partial charge is 0.329 e. The molecule has 10 heteroatoms. The monoisotopic (exact) mass is 586 g/mol. The standard InChI is InChI=1S/C34H30N6O4/c1-2-21-44-28-19-17-24(18-20-28)31-25(23-40(39-31)27-13-7-4-8-14-27)22-35-38-34(43)33(42)37-30-16-10-9-15-29(30)32(41)36-26-11-5-3-6-12-26/h3-20,22-23H,2,21H2,1H3,(H,36,41)(H,37,42)(H,38,43)/b35-22+. The number of carbonyl (C=O) groups is 3. The molecule has 0 fully saturated rings. The zero-order chi connectivity index (χ0) is 30.7. The largest absolute Gasteiger partial charge is 0.494 e. The fraction of sp³-hybridized carbons (Fsp3) is 0.0882. The number of rotatable bonds is 10. The number of aromatic nitrogens is 2. The molecule has 5 aromatic rings. The number of carbonyl (C=O) groups excluding carboxylic acids is 3. The molecule has 0 spiro atoms. The summed E-state index contributed by atoms with van der Waals surface area (Å²) >= 11 is 0. The number of benzene rings is 4. The van der Waals surface area contributed by atoms with Gasteiger partial charge >= 0.3 is 11.8 Å². The minimum atomic E-state index is -1.01. The van der Waals surface area contributed by atoms with Crippen molar-refractivity contribution in [3.63, 3.8) is 0 Å². The van der Waals surface area contributed by atoms with Crippen LogP contribution in [0.3, 0.4) is 0 Å². The van der Waals surface area contributed by atoms with Gasteiger partial charge in [-0.25, -0.2) is 10.1 Å². The molecular formula is C34H30N6O4. The van der Waals surface area contributed by atoms with Crippen LogP contribution in [0.4, 0.5) is 11.4 Å². The third kappa shape index (κ3) is 7.42. The van der Waals surface area contributed by atoms with Crippen molar-refractivity contribution in [3.05, 3.63) is 127 Å². The van der Waals surface area contributed by atoms with Gasteiger partial charge in [0.25, 0.3) is 5.91 Å². The lowest BCUT2D eigenvalue weighted by atomic mass is 10.1. The van der Waals surface area contributed by atoms with E-state index in [9.17, 15) is 14.4 Å². The highest BCUT2D eigenvalue weighted by molar-refractivity contribution is 6.40. The summed E-state index contributed by atoms with van der Waals surface area (Å²) in [5, 5.41) is 14.0. The highest BCUT2D eigenvalue weighted by Crippen LogP contribution is 2.25. The molecule has 0 unspecified atom stereocenters. The van der Waals surface area contributed by atoms with Gasteiger partial charge in [-0.1, -0.05) is 55.5 Å². The van der Waals surface area contributed by atoms with E-state index in [1.165, 1.54) is 12.3 Å². The molecule has 220 valence electrons. The summed E-state index contributed by atoms with van der Waals surface area (Å²) in [7, 11) is 0. The molecule has 4 aromatic carbocycles. The Morgan fingerprint density at radius 2 is 1.50 bits per heavy atom. The molecule has 3 amide bonds. The molecule has 0 saturated heterocycles. The van der Waals surface area contributed by atoms with E-state index in [2.05, 4.69) is 21.2 Å². The molecule has 0 atom stereocenters. The van der Waals surface area contributed by atoms with Crippen molar-refractivity contribution in [1.82, 2.24) is 15.2 Å². The molecule has 5 rings (SSSR count). The van der Waals surface area contributed by atoms with Crippen molar-refractivity contribution in [1.29, 1.82) is 0 Å².